The quantitative estimate of drug-likeness (QED) is 0.848. The maximum Gasteiger partial charge on any atom is 0.225 e. The van der Waals surface area contributed by atoms with Crippen molar-refractivity contribution in [2.75, 3.05) is 32.7 Å². The summed E-state index contributed by atoms with van der Waals surface area (Å²) in [5.41, 5.74) is 6.07. The van der Waals surface area contributed by atoms with E-state index in [9.17, 15) is 9.59 Å². The van der Waals surface area contributed by atoms with Gasteiger partial charge in [-0.15, -0.1) is 0 Å². The first-order valence-corrected chi connectivity index (χ1v) is 10.4. The summed E-state index contributed by atoms with van der Waals surface area (Å²) in [7, 11) is 0. The summed E-state index contributed by atoms with van der Waals surface area (Å²) in [4.78, 5) is 29.4. The van der Waals surface area contributed by atoms with Crippen molar-refractivity contribution < 1.29 is 9.59 Å². The number of carbonyl (C=O) groups is 2. The molecule has 2 amide bonds. The van der Waals surface area contributed by atoms with Crippen molar-refractivity contribution in [2.45, 2.75) is 70.6 Å². The Labute approximate surface area is 152 Å². The third-order valence-electron chi connectivity index (χ3n) is 6.77. The van der Waals surface area contributed by atoms with Crippen LogP contribution in [0.4, 0.5) is 0 Å². The molecule has 0 aromatic rings. The predicted octanol–water partition coefficient (Wildman–Crippen LogP) is 2.54. The third-order valence-corrected chi connectivity index (χ3v) is 6.77. The lowest BCUT2D eigenvalue weighted by Crippen LogP contribution is -2.53. The molecular weight excluding hydrogens is 314 g/mol. The minimum absolute atomic E-state index is 0.0321. The average Bonchev–Trinajstić information content (AvgIpc) is 2.69. The second-order valence-corrected chi connectivity index (χ2v) is 8.48. The molecule has 0 radical (unpaired) electrons. The molecule has 1 heterocycles. The summed E-state index contributed by atoms with van der Waals surface area (Å²) in [6.07, 6.45) is 12.2. The van der Waals surface area contributed by atoms with Gasteiger partial charge in [0.1, 0.15) is 0 Å². The van der Waals surface area contributed by atoms with Gasteiger partial charge in [-0.2, -0.15) is 0 Å². The van der Waals surface area contributed by atoms with Crippen LogP contribution in [0.5, 0.6) is 0 Å². The first-order valence-electron chi connectivity index (χ1n) is 10.4. The van der Waals surface area contributed by atoms with Crippen molar-refractivity contribution in [2.24, 2.45) is 17.1 Å². The van der Waals surface area contributed by atoms with Crippen molar-refractivity contribution in [3.63, 3.8) is 0 Å². The second-order valence-electron chi connectivity index (χ2n) is 8.48. The standard InChI is InChI=1S/C20H35N3O2/c21-16-20(9-5-2-6-10-20)15-18(24)22-11-13-23(14-12-22)19(25)17-7-3-1-4-8-17/h17H,1-16,21H2. The van der Waals surface area contributed by atoms with E-state index in [1.807, 2.05) is 9.80 Å². The molecule has 3 rings (SSSR count). The molecule has 2 aliphatic carbocycles. The zero-order valence-electron chi connectivity index (χ0n) is 15.7. The molecule has 142 valence electrons. The summed E-state index contributed by atoms with van der Waals surface area (Å²) in [5.74, 6) is 0.813. The molecule has 3 fully saturated rings. The van der Waals surface area contributed by atoms with Crippen molar-refractivity contribution in [3.05, 3.63) is 0 Å². The molecule has 3 aliphatic rings. The van der Waals surface area contributed by atoms with Crippen LogP contribution in [0.15, 0.2) is 0 Å². The number of hydrogen-bond donors (Lipinski definition) is 1. The Balaban J connectivity index is 1.48. The number of nitrogens with two attached hydrogens (primary N) is 1. The van der Waals surface area contributed by atoms with Crippen LogP contribution in [0.25, 0.3) is 0 Å². The maximum absolute atomic E-state index is 12.8. The highest BCUT2D eigenvalue weighted by molar-refractivity contribution is 5.80. The van der Waals surface area contributed by atoms with Crippen LogP contribution in [-0.4, -0.2) is 54.3 Å². The summed E-state index contributed by atoms with van der Waals surface area (Å²) in [6.45, 7) is 3.42. The monoisotopic (exact) mass is 349 g/mol. The van der Waals surface area contributed by atoms with Crippen LogP contribution in [0.1, 0.15) is 70.6 Å². The fourth-order valence-corrected chi connectivity index (χ4v) is 4.97. The Kier molecular flexibility index (Phi) is 6.37. The van der Waals surface area contributed by atoms with Gasteiger partial charge in [0.25, 0.3) is 0 Å². The number of piperazine rings is 1. The van der Waals surface area contributed by atoms with Crippen LogP contribution in [0, 0.1) is 11.3 Å². The molecule has 0 bridgehead atoms. The molecule has 5 heteroatoms. The Hall–Kier alpha value is -1.10. The van der Waals surface area contributed by atoms with E-state index in [1.165, 1.54) is 38.5 Å². The van der Waals surface area contributed by atoms with Crippen molar-refractivity contribution in [3.8, 4) is 0 Å². The number of hydrogen-bond acceptors (Lipinski definition) is 3. The smallest absolute Gasteiger partial charge is 0.225 e. The number of amides is 2. The second kappa shape index (κ2) is 8.52. The van der Waals surface area contributed by atoms with Gasteiger partial charge < -0.3 is 15.5 Å². The van der Waals surface area contributed by atoms with Crippen molar-refractivity contribution >= 4 is 11.8 Å². The number of rotatable bonds is 4. The molecule has 0 aromatic carbocycles. The summed E-state index contributed by atoms with van der Waals surface area (Å²) in [5, 5.41) is 0. The molecule has 25 heavy (non-hydrogen) atoms. The largest absolute Gasteiger partial charge is 0.339 e. The van der Waals surface area contributed by atoms with E-state index in [4.69, 9.17) is 5.73 Å². The van der Waals surface area contributed by atoms with E-state index in [2.05, 4.69) is 0 Å². The summed E-state index contributed by atoms with van der Waals surface area (Å²) in [6, 6.07) is 0. The van der Waals surface area contributed by atoms with Gasteiger partial charge in [-0.3, -0.25) is 9.59 Å². The van der Waals surface area contributed by atoms with Gasteiger partial charge in [0.05, 0.1) is 0 Å². The molecule has 0 unspecified atom stereocenters. The van der Waals surface area contributed by atoms with Crippen LogP contribution < -0.4 is 5.73 Å². The highest BCUT2D eigenvalue weighted by Crippen LogP contribution is 2.38. The van der Waals surface area contributed by atoms with E-state index in [0.717, 1.165) is 25.7 Å². The molecule has 2 saturated carbocycles. The predicted molar refractivity (Wildman–Crippen MR) is 98.9 cm³/mol. The van der Waals surface area contributed by atoms with Gasteiger partial charge in [0.15, 0.2) is 0 Å². The van der Waals surface area contributed by atoms with Gasteiger partial charge in [0, 0.05) is 38.5 Å². The van der Waals surface area contributed by atoms with Gasteiger partial charge in [0.2, 0.25) is 11.8 Å². The Morgan fingerprint density at radius 2 is 1.40 bits per heavy atom. The summed E-state index contributed by atoms with van der Waals surface area (Å²) < 4.78 is 0. The van der Waals surface area contributed by atoms with Gasteiger partial charge in [-0.25, -0.2) is 0 Å². The normalized spacial score (nSPS) is 25.0. The first-order chi connectivity index (χ1) is 12.1. The Morgan fingerprint density at radius 3 is 2.00 bits per heavy atom. The average molecular weight is 350 g/mol. The SMILES string of the molecule is NCC1(CC(=O)N2CCN(C(=O)C3CCCCC3)CC2)CCCCC1. The molecular formula is C20H35N3O2. The lowest BCUT2D eigenvalue weighted by Gasteiger charge is -2.40. The van der Waals surface area contributed by atoms with Gasteiger partial charge >= 0.3 is 0 Å². The van der Waals surface area contributed by atoms with E-state index >= 15 is 0 Å². The highest BCUT2D eigenvalue weighted by Gasteiger charge is 2.36. The van der Waals surface area contributed by atoms with Crippen LogP contribution in [0.3, 0.4) is 0 Å². The van der Waals surface area contributed by atoms with Crippen LogP contribution >= 0.6 is 0 Å². The molecule has 1 saturated heterocycles. The molecule has 0 aromatic heterocycles. The zero-order chi connectivity index (χ0) is 17.7. The number of nitrogens with zero attached hydrogens (tertiary/aromatic N) is 2. The molecule has 2 N–H and O–H groups in total. The fraction of sp³-hybridized carbons (Fsp3) is 0.900. The lowest BCUT2D eigenvalue weighted by molar-refractivity contribution is -0.144. The Morgan fingerprint density at radius 1 is 0.840 bits per heavy atom. The Bertz CT molecular complexity index is 460. The van der Waals surface area contributed by atoms with Crippen molar-refractivity contribution in [1.82, 2.24) is 9.80 Å². The summed E-state index contributed by atoms with van der Waals surface area (Å²) >= 11 is 0. The van der Waals surface area contributed by atoms with Gasteiger partial charge in [-0.1, -0.05) is 38.5 Å². The van der Waals surface area contributed by atoms with Crippen molar-refractivity contribution in [1.29, 1.82) is 0 Å². The van der Waals surface area contributed by atoms with E-state index in [0.29, 0.717) is 45.1 Å². The third kappa shape index (κ3) is 4.55. The highest BCUT2D eigenvalue weighted by atomic mass is 16.2. The van der Waals surface area contributed by atoms with E-state index in [-0.39, 0.29) is 17.2 Å². The van der Waals surface area contributed by atoms with Gasteiger partial charge in [-0.05, 0) is 37.6 Å². The number of carbonyl (C=O) groups excluding carboxylic acids is 2. The van der Waals surface area contributed by atoms with Crippen LogP contribution in [-0.2, 0) is 9.59 Å². The van der Waals surface area contributed by atoms with E-state index in [1.54, 1.807) is 0 Å². The zero-order valence-corrected chi connectivity index (χ0v) is 15.7. The van der Waals surface area contributed by atoms with E-state index < -0.39 is 0 Å². The minimum atomic E-state index is 0.0321. The lowest BCUT2D eigenvalue weighted by atomic mass is 9.71. The molecule has 0 spiro atoms. The van der Waals surface area contributed by atoms with Crippen LogP contribution in [0.2, 0.25) is 0 Å². The molecule has 5 nitrogen and oxygen atoms in total. The minimum Gasteiger partial charge on any atom is -0.339 e. The fourth-order valence-electron chi connectivity index (χ4n) is 4.97. The topological polar surface area (TPSA) is 66.6 Å². The molecule has 0 atom stereocenters. The first kappa shape index (κ1) is 18.7. The maximum atomic E-state index is 12.8. The molecule has 1 aliphatic heterocycles.